The summed E-state index contributed by atoms with van der Waals surface area (Å²) >= 11 is 0. The predicted octanol–water partition coefficient (Wildman–Crippen LogP) is 4.95. The van der Waals surface area contributed by atoms with Crippen LogP contribution in [0, 0.1) is 11.3 Å². The zero-order valence-electron chi connectivity index (χ0n) is 21.0. The summed E-state index contributed by atoms with van der Waals surface area (Å²) < 4.78 is 53.4. The molecule has 12 heteroatoms. The molecule has 39 heavy (non-hydrogen) atoms. The SMILES string of the molecule is N#CCc1cc(CNCCCCOCCOc2cc(-c3ccnnc3)cc3[nH]ncc23)cc(OC(F)(F)F)c1. The highest BCUT2D eigenvalue weighted by molar-refractivity contribution is 5.89. The van der Waals surface area contributed by atoms with E-state index in [2.05, 4.69) is 30.4 Å². The Morgan fingerprint density at radius 2 is 1.82 bits per heavy atom. The van der Waals surface area contributed by atoms with E-state index in [-0.39, 0.29) is 12.2 Å². The fourth-order valence-electron chi connectivity index (χ4n) is 3.98. The van der Waals surface area contributed by atoms with Gasteiger partial charge >= 0.3 is 6.36 Å². The van der Waals surface area contributed by atoms with Crippen molar-refractivity contribution in [3.8, 4) is 28.7 Å². The van der Waals surface area contributed by atoms with Crippen LogP contribution in [0.15, 0.2) is 55.0 Å². The molecule has 204 valence electrons. The van der Waals surface area contributed by atoms with Crippen molar-refractivity contribution in [1.29, 1.82) is 5.26 Å². The van der Waals surface area contributed by atoms with Crippen molar-refractivity contribution in [1.82, 2.24) is 25.7 Å². The number of nitrogens with zero attached hydrogens (tertiary/aromatic N) is 4. The van der Waals surface area contributed by atoms with Crippen LogP contribution >= 0.6 is 0 Å². The summed E-state index contributed by atoms with van der Waals surface area (Å²) in [6.45, 7) is 2.36. The van der Waals surface area contributed by atoms with Crippen LogP contribution in [0.5, 0.6) is 11.5 Å². The van der Waals surface area contributed by atoms with E-state index in [0.717, 1.165) is 34.9 Å². The lowest BCUT2D eigenvalue weighted by Crippen LogP contribution is -2.18. The van der Waals surface area contributed by atoms with Gasteiger partial charge in [0.25, 0.3) is 0 Å². The molecule has 0 amide bonds. The second-order valence-electron chi connectivity index (χ2n) is 8.65. The molecule has 0 saturated heterocycles. The van der Waals surface area contributed by atoms with Crippen LogP contribution in [0.3, 0.4) is 0 Å². The first-order chi connectivity index (χ1) is 18.9. The highest BCUT2D eigenvalue weighted by Gasteiger charge is 2.31. The molecule has 0 aliphatic carbocycles. The number of alkyl halides is 3. The third kappa shape index (κ3) is 8.66. The number of unbranched alkanes of at least 4 members (excludes halogenated alkanes) is 1. The minimum absolute atomic E-state index is 0.00369. The molecule has 0 spiro atoms. The number of aromatic amines is 1. The van der Waals surface area contributed by atoms with Gasteiger partial charge in [-0.05, 0) is 66.4 Å². The Hall–Kier alpha value is -4.21. The predicted molar refractivity (Wildman–Crippen MR) is 137 cm³/mol. The molecule has 4 rings (SSSR count). The lowest BCUT2D eigenvalue weighted by Gasteiger charge is -2.12. The van der Waals surface area contributed by atoms with Crippen molar-refractivity contribution in [2.75, 3.05) is 26.4 Å². The minimum Gasteiger partial charge on any atom is -0.490 e. The average molecular weight is 541 g/mol. The number of nitriles is 1. The number of ether oxygens (including phenoxy) is 3. The second kappa shape index (κ2) is 13.5. The number of benzene rings is 2. The van der Waals surface area contributed by atoms with Crippen LogP contribution in [0.2, 0.25) is 0 Å². The van der Waals surface area contributed by atoms with Crippen molar-refractivity contribution in [3.05, 3.63) is 66.1 Å². The van der Waals surface area contributed by atoms with Crippen LogP contribution in [-0.2, 0) is 17.7 Å². The van der Waals surface area contributed by atoms with Crippen LogP contribution in [0.25, 0.3) is 22.0 Å². The number of H-pyrrole nitrogens is 1. The lowest BCUT2D eigenvalue weighted by molar-refractivity contribution is -0.274. The summed E-state index contributed by atoms with van der Waals surface area (Å²) in [5, 5.41) is 27.8. The fourth-order valence-corrected chi connectivity index (χ4v) is 3.98. The van der Waals surface area contributed by atoms with E-state index in [0.29, 0.717) is 49.8 Å². The number of hydrogen-bond acceptors (Lipinski definition) is 8. The molecule has 2 aromatic carbocycles. The van der Waals surface area contributed by atoms with E-state index in [1.54, 1.807) is 24.7 Å². The van der Waals surface area contributed by atoms with E-state index in [1.165, 1.54) is 12.1 Å². The summed E-state index contributed by atoms with van der Waals surface area (Å²) in [6.07, 6.45) is 1.89. The van der Waals surface area contributed by atoms with Crippen molar-refractivity contribution >= 4 is 10.9 Å². The van der Waals surface area contributed by atoms with Gasteiger partial charge in [-0.3, -0.25) is 5.10 Å². The summed E-state index contributed by atoms with van der Waals surface area (Å²) in [6, 6.07) is 12.0. The largest absolute Gasteiger partial charge is 0.573 e. The summed E-state index contributed by atoms with van der Waals surface area (Å²) in [4.78, 5) is 0. The number of aromatic nitrogens is 4. The number of fused-ring (bicyclic) bond motifs is 1. The minimum atomic E-state index is -4.78. The highest BCUT2D eigenvalue weighted by Crippen LogP contribution is 2.31. The van der Waals surface area contributed by atoms with E-state index < -0.39 is 6.36 Å². The third-order valence-electron chi connectivity index (χ3n) is 5.69. The van der Waals surface area contributed by atoms with Gasteiger partial charge in [-0.15, -0.1) is 13.2 Å². The quantitative estimate of drug-likeness (QED) is 0.216. The summed E-state index contributed by atoms with van der Waals surface area (Å²) in [7, 11) is 0. The van der Waals surface area contributed by atoms with Gasteiger partial charge in [0.05, 0.1) is 48.6 Å². The molecule has 0 fully saturated rings. The molecular weight excluding hydrogens is 513 g/mol. The molecule has 0 aliphatic rings. The molecule has 0 atom stereocenters. The highest BCUT2D eigenvalue weighted by atomic mass is 19.4. The number of nitrogens with one attached hydrogen (secondary N) is 2. The van der Waals surface area contributed by atoms with Gasteiger partial charge in [-0.25, -0.2) is 0 Å². The molecule has 2 N–H and O–H groups in total. The number of halogens is 3. The van der Waals surface area contributed by atoms with Gasteiger partial charge in [0.2, 0.25) is 0 Å². The molecule has 9 nitrogen and oxygen atoms in total. The van der Waals surface area contributed by atoms with E-state index in [9.17, 15) is 13.2 Å². The van der Waals surface area contributed by atoms with Gasteiger partial charge in [-0.2, -0.15) is 20.6 Å². The Balaban J connectivity index is 1.15. The molecule has 4 aromatic rings. The van der Waals surface area contributed by atoms with Crippen LogP contribution in [0.4, 0.5) is 13.2 Å². The molecule has 2 heterocycles. The van der Waals surface area contributed by atoms with Crippen molar-refractivity contribution < 1.29 is 27.4 Å². The van der Waals surface area contributed by atoms with Crippen molar-refractivity contribution in [3.63, 3.8) is 0 Å². The number of rotatable bonds is 14. The van der Waals surface area contributed by atoms with Crippen molar-refractivity contribution in [2.45, 2.75) is 32.2 Å². The zero-order chi connectivity index (χ0) is 27.5. The van der Waals surface area contributed by atoms with E-state index >= 15 is 0 Å². The zero-order valence-corrected chi connectivity index (χ0v) is 21.0. The van der Waals surface area contributed by atoms with Crippen LogP contribution in [-0.4, -0.2) is 53.1 Å². The summed E-state index contributed by atoms with van der Waals surface area (Å²) in [5.74, 6) is 0.376. The fraction of sp³-hybridized carbons (Fsp3) is 0.333. The van der Waals surface area contributed by atoms with Crippen LogP contribution in [0.1, 0.15) is 24.0 Å². The number of hydrogen-bond donors (Lipinski definition) is 2. The average Bonchev–Trinajstić information content (AvgIpc) is 3.38. The standard InChI is InChI=1S/C27H27F3N6O3/c28-27(29,30)39-23-12-19(3-5-31)11-20(13-23)16-32-6-1-2-8-37-9-10-38-26-15-22(21-4-7-33-34-17-21)14-25-24(26)18-35-36-25/h4,7,11-15,17-18,32H,1-3,6,8-10,16H2,(H,35,36). The third-order valence-corrected chi connectivity index (χ3v) is 5.69. The maximum Gasteiger partial charge on any atom is 0.573 e. The molecule has 0 saturated carbocycles. The summed E-state index contributed by atoms with van der Waals surface area (Å²) in [5.41, 5.74) is 3.80. The topological polar surface area (TPSA) is 118 Å². The maximum absolute atomic E-state index is 12.6. The first kappa shape index (κ1) is 27.8. The smallest absolute Gasteiger partial charge is 0.490 e. The van der Waals surface area contributed by atoms with Gasteiger partial charge in [0.1, 0.15) is 18.1 Å². The Labute approximate surface area is 222 Å². The Morgan fingerprint density at radius 1 is 0.949 bits per heavy atom. The molecule has 2 aromatic heterocycles. The molecular formula is C27H27F3N6O3. The Morgan fingerprint density at radius 3 is 2.62 bits per heavy atom. The molecule has 0 bridgehead atoms. The van der Waals surface area contributed by atoms with Gasteiger partial charge in [0.15, 0.2) is 0 Å². The van der Waals surface area contributed by atoms with Gasteiger partial charge in [-0.1, -0.05) is 6.07 Å². The van der Waals surface area contributed by atoms with E-state index in [4.69, 9.17) is 14.7 Å². The monoisotopic (exact) mass is 540 g/mol. The van der Waals surface area contributed by atoms with Crippen molar-refractivity contribution in [2.24, 2.45) is 0 Å². The van der Waals surface area contributed by atoms with E-state index in [1.807, 2.05) is 24.3 Å². The van der Waals surface area contributed by atoms with Crippen LogP contribution < -0.4 is 14.8 Å². The molecule has 0 unspecified atom stereocenters. The van der Waals surface area contributed by atoms with Gasteiger partial charge < -0.3 is 19.5 Å². The molecule has 0 radical (unpaired) electrons. The van der Waals surface area contributed by atoms with Gasteiger partial charge in [0, 0.05) is 18.7 Å². The lowest BCUT2D eigenvalue weighted by atomic mass is 10.1. The first-order valence-corrected chi connectivity index (χ1v) is 12.3. The Kier molecular flexibility index (Phi) is 9.66. The Bertz CT molecular complexity index is 1390. The molecule has 0 aliphatic heterocycles. The normalized spacial score (nSPS) is 11.4. The second-order valence-corrected chi connectivity index (χ2v) is 8.65. The maximum atomic E-state index is 12.6. The first-order valence-electron chi connectivity index (χ1n) is 12.3.